The summed E-state index contributed by atoms with van der Waals surface area (Å²) in [6.07, 6.45) is 23.3. The molecular formula is C37H30S. The van der Waals surface area contributed by atoms with Crippen molar-refractivity contribution in [2.45, 2.75) is 48.2 Å². The van der Waals surface area contributed by atoms with Gasteiger partial charge in [-0.2, -0.15) is 0 Å². The number of fused-ring (bicyclic) bond motifs is 6. The Kier molecular flexibility index (Phi) is 5.01. The van der Waals surface area contributed by atoms with E-state index in [0.717, 1.165) is 25.7 Å². The second kappa shape index (κ2) is 8.48. The molecule has 0 radical (unpaired) electrons. The third kappa shape index (κ3) is 3.25. The maximum Gasteiger partial charge on any atom is 0.0464 e. The van der Waals surface area contributed by atoms with Crippen LogP contribution in [-0.2, 0) is 12.8 Å². The summed E-state index contributed by atoms with van der Waals surface area (Å²) in [7, 11) is 0. The maximum absolute atomic E-state index is 2.43. The average Bonchev–Trinajstić information content (AvgIpc) is 3.28. The number of rotatable bonds is 2. The molecule has 0 nitrogen and oxygen atoms in total. The van der Waals surface area contributed by atoms with E-state index in [0.29, 0.717) is 5.92 Å². The molecule has 184 valence electrons. The first-order chi connectivity index (χ1) is 18.7. The molecule has 4 aliphatic rings. The summed E-state index contributed by atoms with van der Waals surface area (Å²) in [5, 5.41) is 2.63. The molecule has 4 aromatic carbocycles. The van der Waals surface area contributed by atoms with Gasteiger partial charge in [0.05, 0.1) is 0 Å². The quantitative estimate of drug-likeness (QED) is 0.261. The van der Waals surface area contributed by atoms with Crippen LogP contribution in [0.3, 0.4) is 0 Å². The van der Waals surface area contributed by atoms with Gasteiger partial charge in [-0.05, 0) is 99.5 Å². The van der Waals surface area contributed by atoms with E-state index in [1.807, 2.05) is 0 Å². The highest BCUT2D eigenvalue weighted by molar-refractivity contribution is 8.01. The van der Waals surface area contributed by atoms with Crippen LogP contribution in [0.4, 0.5) is 0 Å². The first-order valence-corrected chi connectivity index (χ1v) is 14.8. The van der Waals surface area contributed by atoms with Crippen LogP contribution >= 0.6 is 11.8 Å². The van der Waals surface area contributed by atoms with Gasteiger partial charge in [-0.1, -0.05) is 103 Å². The molecule has 0 aromatic heterocycles. The second-order valence-electron chi connectivity index (χ2n) is 11.2. The predicted octanol–water partition coefficient (Wildman–Crippen LogP) is 10.2. The summed E-state index contributed by atoms with van der Waals surface area (Å²) in [6, 6.07) is 22.9. The topological polar surface area (TPSA) is 0 Å². The Morgan fingerprint density at radius 3 is 2.32 bits per heavy atom. The van der Waals surface area contributed by atoms with Crippen LogP contribution in [0.2, 0.25) is 0 Å². The SMILES string of the molecule is CC12C=CC=CC1c1cccc(-c3c4c(c(-c5ccc6ccccc6c5)c5c3C=CCC5)CCC=C4)c1S2. The van der Waals surface area contributed by atoms with E-state index in [1.54, 1.807) is 0 Å². The second-order valence-corrected chi connectivity index (χ2v) is 12.7. The molecule has 1 aliphatic heterocycles. The Hall–Kier alpha value is -3.55. The summed E-state index contributed by atoms with van der Waals surface area (Å²) in [6.45, 7) is 2.40. The van der Waals surface area contributed by atoms with Crippen molar-refractivity contribution in [1.29, 1.82) is 0 Å². The summed E-state index contributed by atoms with van der Waals surface area (Å²) in [5.74, 6) is 0.432. The highest BCUT2D eigenvalue weighted by Gasteiger charge is 2.42. The van der Waals surface area contributed by atoms with Crippen molar-refractivity contribution in [3.8, 4) is 22.3 Å². The van der Waals surface area contributed by atoms with Crippen LogP contribution in [0.5, 0.6) is 0 Å². The summed E-state index contributed by atoms with van der Waals surface area (Å²) in [5.41, 5.74) is 13.2. The minimum atomic E-state index is 0.0873. The van der Waals surface area contributed by atoms with Crippen molar-refractivity contribution < 1.29 is 0 Å². The van der Waals surface area contributed by atoms with Crippen LogP contribution in [0.15, 0.2) is 102 Å². The lowest BCUT2D eigenvalue weighted by Crippen LogP contribution is -2.22. The lowest BCUT2D eigenvalue weighted by Gasteiger charge is -2.29. The number of hydrogen-bond donors (Lipinski definition) is 0. The molecule has 3 aliphatic carbocycles. The van der Waals surface area contributed by atoms with Gasteiger partial charge in [0, 0.05) is 15.6 Å². The third-order valence-corrected chi connectivity index (χ3v) is 10.4. The fourth-order valence-corrected chi connectivity index (χ4v) is 8.70. The van der Waals surface area contributed by atoms with Crippen molar-refractivity contribution in [3.63, 3.8) is 0 Å². The van der Waals surface area contributed by atoms with E-state index in [2.05, 4.69) is 128 Å². The van der Waals surface area contributed by atoms with Crippen LogP contribution in [0.1, 0.15) is 53.5 Å². The first-order valence-electron chi connectivity index (χ1n) is 13.9. The van der Waals surface area contributed by atoms with E-state index in [1.165, 1.54) is 65.7 Å². The monoisotopic (exact) mass is 506 g/mol. The molecule has 38 heavy (non-hydrogen) atoms. The van der Waals surface area contributed by atoms with E-state index in [4.69, 9.17) is 0 Å². The molecule has 0 saturated heterocycles. The molecule has 0 fully saturated rings. The molecule has 8 rings (SSSR count). The lowest BCUT2D eigenvalue weighted by atomic mass is 9.75. The van der Waals surface area contributed by atoms with Crippen LogP contribution < -0.4 is 0 Å². The fraction of sp³-hybridized carbons (Fsp3) is 0.189. The largest absolute Gasteiger partial charge is 0.113 e. The Morgan fingerprint density at radius 2 is 1.53 bits per heavy atom. The van der Waals surface area contributed by atoms with Crippen molar-refractivity contribution in [2.75, 3.05) is 0 Å². The highest BCUT2D eigenvalue weighted by Crippen LogP contribution is 2.59. The van der Waals surface area contributed by atoms with E-state index >= 15 is 0 Å². The average molecular weight is 507 g/mol. The molecule has 1 heterocycles. The van der Waals surface area contributed by atoms with Crippen LogP contribution in [-0.4, -0.2) is 4.75 Å². The number of allylic oxidation sites excluding steroid dienone is 5. The molecule has 0 spiro atoms. The van der Waals surface area contributed by atoms with Crippen molar-refractivity contribution in [1.82, 2.24) is 0 Å². The molecule has 0 bridgehead atoms. The Labute approximate surface area is 229 Å². The first kappa shape index (κ1) is 22.4. The van der Waals surface area contributed by atoms with Gasteiger partial charge in [0.25, 0.3) is 0 Å². The summed E-state index contributed by atoms with van der Waals surface area (Å²) in [4.78, 5) is 1.47. The molecule has 0 saturated carbocycles. The molecule has 0 N–H and O–H groups in total. The normalized spacial score (nSPS) is 22.3. The van der Waals surface area contributed by atoms with Crippen molar-refractivity contribution >= 4 is 34.7 Å². The van der Waals surface area contributed by atoms with Gasteiger partial charge >= 0.3 is 0 Å². The van der Waals surface area contributed by atoms with Crippen molar-refractivity contribution in [3.05, 3.63) is 125 Å². The van der Waals surface area contributed by atoms with Gasteiger partial charge in [-0.25, -0.2) is 0 Å². The molecule has 1 heteroatoms. The number of hydrogen-bond acceptors (Lipinski definition) is 1. The number of thioether (sulfide) groups is 1. The minimum absolute atomic E-state index is 0.0873. The Morgan fingerprint density at radius 1 is 0.763 bits per heavy atom. The third-order valence-electron chi connectivity index (χ3n) is 8.95. The van der Waals surface area contributed by atoms with E-state index in [-0.39, 0.29) is 4.75 Å². The maximum atomic E-state index is 2.43. The molecular weight excluding hydrogens is 476 g/mol. The van der Waals surface area contributed by atoms with Gasteiger partial charge in [0.2, 0.25) is 0 Å². The Bertz CT molecular complexity index is 1720. The van der Waals surface area contributed by atoms with Gasteiger partial charge in [0.1, 0.15) is 0 Å². The van der Waals surface area contributed by atoms with E-state index < -0.39 is 0 Å². The van der Waals surface area contributed by atoms with Gasteiger partial charge in [0.15, 0.2) is 0 Å². The predicted molar refractivity (Wildman–Crippen MR) is 165 cm³/mol. The molecule has 4 aromatic rings. The smallest absolute Gasteiger partial charge is 0.0464 e. The van der Waals surface area contributed by atoms with Gasteiger partial charge in [-0.3, -0.25) is 0 Å². The molecule has 2 atom stereocenters. The fourth-order valence-electron chi connectivity index (χ4n) is 7.18. The Balaban J connectivity index is 1.42. The standard InChI is InChI=1S/C37H30S/c1-37-22-9-8-19-33(37)31-17-10-18-32(36(31)38-37)35-29-15-6-4-13-27(29)34(28-14-5-7-16-30(28)35)26-21-20-24-11-2-3-12-25(24)23-26/h2-3,6-12,15-23,33H,4-5,13-14H2,1H3. The summed E-state index contributed by atoms with van der Waals surface area (Å²) < 4.78 is 0.0873. The zero-order chi connectivity index (χ0) is 25.3. The molecule has 2 unspecified atom stereocenters. The minimum Gasteiger partial charge on any atom is -0.113 e. The van der Waals surface area contributed by atoms with Crippen LogP contribution in [0.25, 0.3) is 45.2 Å². The highest BCUT2D eigenvalue weighted by atomic mass is 32.2. The zero-order valence-electron chi connectivity index (χ0n) is 21.7. The summed E-state index contributed by atoms with van der Waals surface area (Å²) >= 11 is 2.06. The number of benzene rings is 4. The van der Waals surface area contributed by atoms with E-state index in [9.17, 15) is 0 Å². The zero-order valence-corrected chi connectivity index (χ0v) is 22.5. The van der Waals surface area contributed by atoms with Gasteiger partial charge in [-0.15, -0.1) is 11.8 Å². The molecule has 0 amide bonds. The van der Waals surface area contributed by atoms with Gasteiger partial charge < -0.3 is 0 Å². The van der Waals surface area contributed by atoms with Crippen LogP contribution in [0, 0.1) is 0 Å². The lowest BCUT2D eigenvalue weighted by molar-refractivity contribution is 0.702. The van der Waals surface area contributed by atoms with Crippen molar-refractivity contribution in [2.24, 2.45) is 0 Å².